The topological polar surface area (TPSA) is 121 Å². The molecule has 1 aliphatic rings. The Labute approximate surface area is 168 Å². The molecule has 8 heteroatoms. The number of nitrogen functional groups attached to an aromatic ring is 1. The molecule has 1 aromatic carbocycles. The predicted octanol–water partition coefficient (Wildman–Crippen LogP) is 2.61. The number of pyridine rings is 1. The van der Waals surface area contributed by atoms with Gasteiger partial charge in [-0.1, -0.05) is 24.3 Å². The molecule has 0 spiro atoms. The number of carbonyl (C=O) groups is 1. The van der Waals surface area contributed by atoms with Crippen LogP contribution < -0.4 is 10.6 Å². The number of nitrogens with zero attached hydrogens (tertiary/aromatic N) is 4. The number of nitrogens with two attached hydrogens (primary N) is 1. The first-order chi connectivity index (χ1) is 13.9. The van der Waals surface area contributed by atoms with Crippen molar-refractivity contribution in [2.24, 2.45) is 18.7 Å². The first kappa shape index (κ1) is 18.9. The van der Waals surface area contributed by atoms with Crippen molar-refractivity contribution in [2.45, 2.75) is 19.3 Å². The lowest BCUT2D eigenvalue weighted by molar-refractivity contribution is -0.138. The number of rotatable bonds is 5. The molecule has 1 fully saturated rings. The summed E-state index contributed by atoms with van der Waals surface area (Å²) in [5.74, 6) is 1.27. The molecule has 1 saturated heterocycles. The summed E-state index contributed by atoms with van der Waals surface area (Å²) in [7, 11) is 1.94. The van der Waals surface area contributed by atoms with E-state index in [0.29, 0.717) is 5.56 Å². The fourth-order valence-corrected chi connectivity index (χ4v) is 3.90. The van der Waals surface area contributed by atoms with Crippen LogP contribution in [-0.4, -0.2) is 44.5 Å². The Kier molecular flexibility index (Phi) is 4.92. The number of nitrogens with one attached hydrogen (secondary N) is 1. The third kappa shape index (κ3) is 3.78. The van der Waals surface area contributed by atoms with Crippen molar-refractivity contribution >= 4 is 28.8 Å². The second-order valence-corrected chi connectivity index (χ2v) is 7.53. The monoisotopic (exact) mass is 392 g/mol. The molecular weight excluding hydrogens is 368 g/mol. The highest BCUT2D eigenvalue weighted by molar-refractivity contribution is 5.95. The molecule has 0 atom stereocenters. The van der Waals surface area contributed by atoms with Gasteiger partial charge in [-0.2, -0.15) is 0 Å². The van der Waals surface area contributed by atoms with E-state index in [1.54, 1.807) is 0 Å². The van der Waals surface area contributed by atoms with Crippen molar-refractivity contribution in [1.82, 2.24) is 14.5 Å². The summed E-state index contributed by atoms with van der Waals surface area (Å²) >= 11 is 0. The van der Waals surface area contributed by atoms with Crippen LogP contribution in [-0.2, 0) is 11.8 Å². The number of hydrogen-bond donors (Lipinski definition) is 3. The van der Waals surface area contributed by atoms with Crippen LogP contribution in [0.4, 0.5) is 5.82 Å². The van der Waals surface area contributed by atoms with Crippen LogP contribution in [0.5, 0.6) is 0 Å². The fourth-order valence-electron chi connectivity index (χ4n) is 3.90. The molecule has 4 rings (SSSR count). The number of carboxylic acids is 1. The Morgan fingerprint density at radius 2 is 1.86 bits per heavy atom. The van der Waals surface area contributed by atoms with Crippen LogP contribution in [0.25, 0.3) is 22.6 Å². The molecule has 0 unspecified atom stereocenters. The zero-order valence-electron chi connectivity index (χ0n) is 16.3. The summed E-state index contributed by atoms with van der Waals surface area (Å²) in [6, 6.07) is 11.4. The zero-order chi connectivity index (χ0) is 20.5. The molecule has 3 heterocycles. The molecule has 2 aromatic heterocycles. The Balaban J connectivity index is 1.58. The lowest BCUT2D eigenvalue weighted by Gasteiger charge is -2.32. The average molecular weight is 392 g/mol. The largest absolute Gasteiger partial charge is 0.481 e. The number of benzene rings is 1. The summed E-state index contributed by atoms with van der Waals surface area (Å²) in [5, 5.41) is 16.5. The lowest BCUT2D eigenvalue weighted by Crippen LogP contribution is -2.34. The lowest BCUT2D eigenvalue weighted by atomic mass is 9.94. The standard InChI is InChI=1S/C21H24N6O2/c1-26-20(15-4-2-14(3-5-15)19(22)23)24-16-6-7-17(25-21(16)26)27-10-8-13(9-11-27)12-18(28)29/h2-7,13H,8-12H2,1H3,(H3,22,23)(H,28,29). The number of aromatic nitrogens is 3. The Morgan fingerprint density at radius 1 is 1.17 bits per heavy atom. The minimum absolute atomic E-state index is 0.0417. The van der Waals surface area contributed by atoms with E-state index in [1.165, 1.54) is 0 Å². The van der Waals surface area contributed by atoms with Crippen molar-refractivity contribution in [2.75, 3.05) is 18.0 Å². The van der Waals surface area contributed by atoms with E-state index in [2.05, 4.69) is 4.90 Å². The number of imidazole rings is 1. The smallest absolute Gasteiger partial charge is 0.303 e. The highest BCUT2D eigenvalue weighted by Gasteiger charge is 2.23. The Bertz CT molecular complexity index is 1060. The van der Waals surface area contributed by atoms with Crippen LogP contribution in [0.15, 0.2) is 36.4 Å². The van der Waals surface area contributed by atoms with Crippen molar-refractivity contribution in [3.8, 4) is 11.4 Å². The van der Waals surface area contributed by atoms with Crippen LogP contribution in [0.3, 0.4) is 0 Å². The quantitative estimate of drug-likeness (QED) is 0.453. The molecule has 8 nitrogen and oxygen atoms in total. The van der Waals surface area contributed by atoms with Crippen LogP contribution in [0, 0.1) is 11.3 Å². The molecule has 1 aliphatic heterocycles. The molecule has 4 N–H and O–H groups in total. The Hall–Kier alpha value is -3.42. The van der Waals surface area contributed by atoms with E-state index in [-0.39, 0.29) is 18.2 Å². The number of fused-ring (bicyclic) bond motifs is 1. The average Bonchev–Trinajstić information content (AvgIpc) is 3.04. The molecule has 29 heavy (non-hydrogen) atoms. The second-order valence-electron chi connectivity index (χ2n) is 7.53. The molecular formula is C21H24N6O2. The number of hydrogen-bond acceptors (Lipinski definition) is 5. The number of piperidine rings is 1. The van der Waals surface area contributed by atoms with Crippen molar-refractivity contribution < 1.29 is 9.90 Å². The van der Waals surface area contributed by atoms with Crippen molar-refractivity contribution in [3.05, 3.63) is 42.0 Å². The second kappa shape index (κ2) is 7.54. The van der Waals surface area contributed by atoms with Crippen LogP contribution in [0.1, 0.15) is 24.8 Å². The van der Waals surface area contributed by atoms with Gasteiger partial charge in [-0.05, 0) is 30.9 Å². The highest BCUT2D eigenvalue weighted by Crippen LogP contribution is 2.28. The molecule has 0 amide bonds. The molecule has 0 saturated carbocycles. The number of carboxylic acid groups (broad SMARTS) is 1. The van der Waals surface area contributed by atoms with Gasteiger partial charge in [0, 0.05) is 37.7 Å². The first-order valence-corrected chi connectivity index (χ1v) is 9.67. The van der Waals surface area contributed by atoms with Crippen molar-refractivity contribution in [3.63, 3.8) is 0 Å². The third-order valence-electron chi connectivity index (χ3n) is 5.56. The number of aryl methyl sites for hydroxylation is 1. The van der Waals surface area contributed by atoms with E-state index in [0.717, 1.165) is 54.3 Å². The SMILES string of the molecule is Cn1c(-c2ccc(C(=N)N)cc2)nc2ccc(N3CCC(CC(=O)O)CC3)nc21. The van der Waals surface area contributed by atoms with Gasteiger partial charge in [0.15, 0.2) is 5.65 Å². The minimum Gasteiger partial charge on any atom is -0.481 e. The van der Waals surface area contributed by atoms with Gasteiger partial charge in [-0.3, -0.25) is 10.2 Å². The van der Waals surface area contributed by atoms with Gasteiger partial charge in [-0.25, -0.2) is 9.97 Å². The fraction of sp³-hybridized carbons (Fsp3) is 0.333. The zero-order valence-corrected chi connectivity index (χ0v) is 16.3. The summed E-state index contributed by atoms with van der Waals surface area (Å²) < 4.78 is 1.97. The maximum atomic E-state index is 10.9. The van der Waals surface area contributed by atoms with Crippen LogP contribution in [0.2, 0.25) is 0 Å². The predicted molar refractivity (Wildman–Crippen MR) is 112 cm³/mol. The van der Waals surface area contributed by atoms with Gasteiger partial charge in [0.2, 0.25) is 0 Å². The van der Waals surface area contributed by atoms with Gasteiger partial charge in [0.25, 0.3) is 0 Å². The molecule has 0 aliphatic carbocycles. The number of amidine groups is 1. The van der Waals surface area contributed by atoms with E-state index < -0.39 is 5.97 Å². The summed E-state index contributed by atoms with van der Waals surface area (Å²) in [4.78, 5) is 22.7. The van der Waals surface area contributed by atoms with Gasteiger partial charge in [0.05, 0.1) is 0 Å². The van der Waals surface area contributed by atoms with Gasteiger partial charge in [0.1, 0.15) is 23.0 Å². The maximum absolute atomic E-state index is 10.9. The normalized spacial score (nSPS) is 15.0. The molecule has 3 aromatic rings. The molecule has 150 valence electrons. The van der Waals surface area contributed by atoms with Crippen LogP contribution >= 0.6 is 0 Å². The van der Waals surface area contributed by atoms with Crippen molar-refractivity contribution in [1.29, 1.82) is 5.41 Å². The van der Waals surface area contributed by atoms with E-state index in [9.17, 15) is 4.79 Å². The molecule has 0 bridgehead atoms. The van der Waals surface area contributed by atoms with Gasteiger partial charge < -0.3 is 20.3 Å². The maximum Gasteiger partial charge on any atom is 0.303 e. The number of anilines is 1. The van der Waals surface area contributed by atoms with E-state index in [4.69, 9.17) is 26.2 Å². The van der Waals surface area contributed by atoms with E-state index in [1.807, 2.05) is 48.0 Å². The summed E-state index contributed by atoms with van der Waals surface area (Å²) in [5.41, 5.74) is 8.78. The first-order valence-electron chi connectivity index (χ1n) is 9.67. The van der Waals surface area contributed by atoms with E-state index >= 15 is 0 Å². The summed E-state index contributed by atoms with van der Waals surface area (Å²) in [6.07, 6.45) is 1.98. The highest BCUT2D eigenvalue weighted by atomic mass is 16.4. The van der Waals surface area contributed by atoms with Gasteiger partial charge in [-0.15, -0.1) is 0 Å². The Morgan fingerprint density at radius 3 is 2.48 bits per heavy atom. The number of aliphatic carboxylic acids is 1. The van der Waals surface area contributed by atoms with Gasteiger partial charge >= 0.3 is 5.97 Å². The third-order valence-corrected chi connectivity index (χ3v) is 5.56. The minimum atomic E-state index is -0.721. The molecule has 0 radical (unpaired) electrons. The summed E-state index contributed by atoms with van der Waals surface area (Å²) in [6.45, 7) is 1.63.